The predicted octanol–water partition coefficient (Wildman–Crippen LogP) is 4.66. The molecular formula is C18H16O2. The van der Waals surface area contributed by atoms with E-state index in [0.717, 1.165) is 16.9 Å². The SMILES string of the molecule is c1ccc(COCc2coc(-c3ccccc3)c2)cc1. The number of ether oxygens (including phenoxy) is 1. The zero-order chi connectivity index (χ0) is 13.6. The van der Waals surface area contributed by atoms with E-state index in [2.05, 4.69) is 12.1 Å². The average Bonchev–Trinajstić information content (AvgIpc) is 2.98. The molecular weight excluding hydrogens is 248 g/mol. The molecule has 0 atom stereocenters. The summed E-state index contributed by atoms with van der Waals surface area (Å²) in [5, 5.41) is 0. The van der Waals surface area contributed by atoms with Gasteiger partial charge in [0.15, 0.2) is 0 Å². The van der Waals surface area contributed by atoms with E-state index in [0.29, 0.717) is 13.2 Å². The molecule has 3 aromatic rings. The summed E-state index contributed by atoms with van der Waals surface area (Å²) >= 11 is 0. The Hall–Kier alpha value is -2.32. The van der Waals surface area contributed by atoms with Gasteiger partial charge in [-0.2, -0.15) is 0 Å². The molecule has 0 fully saturated rings. The Kier molecular flexibility index (Phi) is 3.95. The van der Waals surface area contributed by atoms with Crippen molar-refractivity contribution in [3.8, 4) is 11.3 Å². The fraction of sp³-hybridized carbons (Fsp3) is 0.111. The normalized spacial score (nSPS) is 10.6. The Labute approximate surface area is 118 Å². The first-order valence-corrected chi connectivity index (χ1v) is 6.66. The maximum absolute atomic E-state index is 5.69. The lowest BCUT2D eigenvalue weighted by atomic mass is 10.1. The van der Waals surface area contributed by atoms with Gasteiger partial charge in [-0.15, -0.1) is 0 Å². The van der Waals surface area contributed by atoms with Crippen molar-refractivity contribution in [3.63, 3.8) is 0 Å². The third-order valence-corrected chi connectivity index (χ3v) is 3.09. The summed E-state index contributed by atoms with van der Waals surface area (Å²) in [5.41, 5.74) is 3.32. The van der Waals surface area contributed by atoms with Crippen LogP contribution in [0.15, 0.2) is 77.4 Å². The fourth-order valence-corrected chi connectivity index (χ4v) is 2.07. The minimum absolute atomic E-state index is 0.561. The largest absolute Gasteiger partial charge is 0.464 e. The maximum Gasteiger partial charge on any atom is 0.134 e. The molecule has 0 unspecified atom stereocenters. The van der Waals surface area contributed by atoms with Crippen molar-refractivity contribution >= 4 is 0 Å². The lowest BCUT2D eigenvalue weighted by molar-refractivity contribution is 0.107. The van der Waals surface area contributed by atoms with Crippen LogP contribution in [0.2, 0.25) is 0 Å². The molecule has 2 nitrogen and oxygen atoms in total. The molecule has 0 spiro atoms. The van der Waals surface area contributed by atoms with E-state index in [1.165, 1.54) is 5.56 Å². The Morgan fingerprint density at radius 2 is 1.40 bits per heavy atom. The first-order valence-electron chi connectivity index (χ1n) is 6.66. The number of rotatable bonds is 5. The van der Waals surface area contributed by atoms with Crippen molar-refractivity contribution in [1.82, 2.24) is 0 Å². The van der Waals surface area contributed by atoms with Gasteiger partial charge in [0.1, 0.15) is 5.76 Å². The first kappa shape index (κ1) is 12.7. The molecule has 0 aliphatic heterocycles. The van der Waals surface area contributed by atoms with Crippen molar-refractivity contribution in [2.24, 2.45) is 0 Å². The van der Waals surface area contributed by atoms with Gasteiger partial charge >= 0.3 is 0 Å². The molecule has 0 aliphatic rings. The Morgan fingerprint density at radius 1 is 0.750 bits per heavy atom. The number of hydrogen-bond donors (Lipinski definition) is 0. The third-order valence-electron chi connectivity index (χ3n) is 3.09. The second kappa shape index (κ2) is 6.22. The second-order valence-electron chi connectivity index (χ2n) is 4.66. The van der Waals surface area contributed by atoms with Crippen LogP contribution >= 0.6 is 0 Å². The number of benzene rings is 2. The van der Waals surface area contributed by atoms with E-state index in [4.69, 9.17) is 9.15 Å². The van der Waals surface area contributed by atoms with Crippen LogP contribution in [0, 0.1) is 0 Å². The van der Waals surface area contributed by atoms with E-state index in [-0.39, 0.29) is 0 Å². The van der Waals surface area contributed by atoms with Gasteiger partial charge in [0, 0.05) is 11.1 Å². The molecule has 1 heterocycles. The molecule has 0 N–H and O–H groups in total. The van der Waals surface area contributed by atoms with Crippen LogP contribution in [-0.2, 0) is 18.0 Å². The van der Waals surface area contributed by atoms with E-state index in [1.807, 2.05) is 54.6 Å². The highest BCUT2D eigenvalue weighted by atomic mass is 16.5. The summed E-state index contributed by atoms with van der Waals surface area (Å²) in [6, 6.07) is 22.3. The van der Waals surface area contributed by atoms with Crippen LogP contribution in [0.3, 0.4) is 0 Å². The van der Waals surface area contributed by atoms with Crippen molar-refractivity contribution in [3.05, 3.63) is 84.1 Å². The molecule has 0 saturated heterocycles. The van der Waals surface area contributed by atoms with Crippen molar-refractivity contribution in [2.45, 2.75) is 13.2 Å². The van der Waals surface area contributed by atoms with Crippen LogP contribution in [0.4, 0.5) is 0 Å². The van der Waals surface area contributed by atoms with E-state index in [9.17, 15) is 0 Å². The maximum atomic E-state index is 5.69. The van der Waals surface area contributed by atoms with Crippen molar-refractivity contribution in [2.75, 3.05) is 0 Å². The van der Waals surface area contributed by atoms with Gasteiger partial charge in [-0.05, 0) is 11.6 Å². The molecule has 0 bridgehead atoms. The Balaban J connectivity index is 1.58. The van der Waals surface area contributed by atoms with Gasteiger partial charge in [-0.3, -0.25) is 0 Å². The molecule has 3 rings (SSSR count). The van der Waals surface area contributed by atoms with Crippen LogP contribution < -0.4 is 0 Å². The molecule has 0 amide bonds. The van der Waals surface area contributed by atoms with Gasteiger partial charge in [0.05, 0.1) is 19.5 Å². The summed E-state index contributed by atoms with van der Waals surface area (Å²) in [5.74, 6) is 0.879. The van der Waals surface area contributed by atoms with Crippen LogP contribution in [-0.4, -0.2) is 0 Å². The average molecular weight is 264 g/mol. The molecule has 1 aromatic heterocycles. The summed E-state index contributed by atoms with van der Waals surface area (Å²) < 4.78 is 11.3. The Morgan fingerprint density at radius 3 is 2.15 bits per heavy atom. The smallest absolute Gasteiger partial charge is 0.134 e. The van der Waals surface area contributed by atoms with Crippen LogP contribution in [0.5, 0.6) is 0 Å². The van der Waals surface area contributed by atoms with E-state index >= 15 is 0 Å². The van der Waals surface area contributed by atoms with Gasteiger partial charge in [0.25, 0.3) is 0 Å². The topological polar surface area (TPSA) is 22.4 Å². The summed E-state index contributed by atoms with van der Waals surface area (Å²) in [4.78, 5) is 0. The fourth-order valence-electron chi connectivity index (χ4n) is 2.07. The highest BCUT2D eigenvalue weighted by Crippen LogP contribution is 2.22. The number of hydrogen-bond acceptors (Lipinski definition) is 2. The molecule has 0 radical (unpaired) electrons. The summed E-state index contributed by atoms with van der Waals surface area (Å²) in [7, 11) is 0. The number of furan rings is 1. The molecule has 0 aliphatic carbocycles. The molecule has 2 heteroatoms. The minimum Gasteiger partial charge on any atom is -0.464 e. The zero-order valence-electron chi connectivity index (χ0n) is 11.2. The molecule has 100 valence electrons. The molecule has 0 saturated carbocycles. The minimum atomic E-state index is 0.561. The Bertz CT molecular complexity index is 641. The van der Waals surface area contributed by atoms with Gasteiger partial charge in [-0.25, -0.2) is 0 Å². The first-order chi connectivity index (χ1) is 9.92. The molecule has 2 aromatic carbocycles. The van der Waals surface area contributed by atoms with Crippen LogP contribution in [0.25, 0.3) is 11.3 Å². The van der Waals surface area contributed by atoms with Crippen LogP contribution in [0.1, 0.15) is 11.1 Å². The van der Waals surface area contributed by atoms with E-state index < -0.39 is 0 Å². The van der Waals surface area contributed by atoms with Gasteiger partial charge < -0.3 is 9.15 Å². The molecule has 20 heavy (non-hydrogen) atoms. The zero-order valence-corrected chi connectivity index (χ0v) is 11.2. The third kappa shape index (κ3) is 3.16. The van der Waals surface area contributed by atoms with E-state index in [1.54, 1.807) is 6.26 Å². The second-order valence-corrected chi connectivity index (χ2v) is 4.66. The highest BCUT2D eigenvalue weighted by molar-refractivity contribution is 5.57. The standard InChI is InChI=1S/C18H16O2/c1-3-7-15(8-4-1)12-19-13-16-11-18(20-14-16)17-9-5-2-6-10-17/h1-11,14H,12-13H2. The predicted molar refractivity (Wildman–Crippen MR) is 79.1 cm³/mol. The van der Waals surface area contributed by atoms with Crippen molar-refractivity contribution < 1.29 is 9.15 Å². The quantitative estimate of drug-likeness (QED) is 0.668. The van der Waals surface area contributed by atoms with Gasteiger partial charge in [0.2, 0.25) is 0 Å². The lowest BCUT2D eigenvalue weighted by Crippen LogP contribution is -1.92. The van der Waals surface area contributed by atoms with Gasteiger partial charge in [-0.1, -0.05) is 60.7 Å². The van der Waals surface area contributed by atoms with Crippen molar-refractivity contribution in [1.29, 1.82) is 0 Å². The lowest BCUT2D eigenvalue weighted by Gasteiger charge is -2.01. The summed E-state index contributed by atoms with van der Waals surface area (Å²) in [6.45, 7) is 1.18. The summed E-state index contributed by atoms with van der Waals surface area (Å²) in [6.07, 6.45) is 1.76. The highest BCUT2D eigenvalue weighted by Gasteiger charge is 2.04. The monoisotopic (exact) mass is 264 g/mol.